The first-order valence-electron chi connectivity index (χ1n) is 10.6. The van der Waals surface area contributed by atoms with Crippen LogP contribution in [0.4, 0.5) is 5.69 Å². The molecule has 5 heteroatoms. The van der Waals surface area contributed by atoms with Crippen molar-refractivity contribution >= 4 is 33.8 Å². The fourth-order valence-electron chi connectivity index (χ4n) is 3.77. The van der Waals surface area contributed by atoms with E-state index in [2.05, 4.69) is 4.99 Å². The average Bonchev–Trinajstić information content (AvgIpc) is 3.23. The van der Waals surface area contributed by atoms with Crippen LogP contribution in [0.2, 0.25) is 0 Å². The molecule has 4 aromatic carbocycles. The predicted octanol–water partition coefficient (Wildman–Crippen LogP) is 6.93. The molecular weight excluding hydrogens is 414 g/mol. The van der Waals surface area contributed by atoms with Crippen LogP contribution in [0.1, 0.15) is 11.1 Å². The Balaban J connectivity index is 1.45. The number of fused-ring (bicyclic) bond motifs is 3. The molecule has 0 aliphatic heterocycles. The minimum absolute atomic E-state index is 0.453. The molecule has 1 heterocycles. The van der Waals surface area contributed by atoms with Gasteiger partial charge >= 0.3 is 0 Å². The molecule has 0 bridgehead atoms. The summed E-state index contributed by atoms with van der Waals surface area (Å²) in [6.07, 6.45) is 1.78. The van der Waals surface area contributed by atoms with Crippen molar-refractivity contribution in [1.82, 2.24) is 0 Å². The standard InChI is InChI=1S/C28H23NO4/c1-30-25-13-12-20(14-28(25)32-18-19-8-4-3-5-9-19)17-29-23-16-26-22(15-27(23)31-2)21-10-6-7-11-24(21)33-26/h3-17H,18H2,1-2H3. The lowest BCUT2D eigenvalue weighted by Crippen LogP contribution is -1.98. The number of benzene rings is 4. The fourth-order valence-corrected chi connectivity index (χ4v) is 3.77. The molecule has 5 rings (SSSR count). The lowest BCUT2D eigenvalue weighted by molar-refractivity contribution is 0.284. The number of methoxy groups -OCH3 is 2. The Hall–Kier alpha value is -4.25. The summed E-state index contributed by atoms with van der Waals surface area (Å²) in [6.45, 7) is 0.453. The van der Waals surface area contributed by atoms with Gasteiger partial charge in [-0.05, 0) is 41.5 Å². The topological polar surface area (TPSA) is 53.2 Å². The van der Waals surface area contributed by atoms with E-state index in [1.807, 2.05) is 84.9 Å². The average molecular weight is 437 g/mol. The molecule has 5 aromatic rings. The molecule has 0 aliphatic rings. The van der Waals surface area contributed by atoms with Gasteiger partial charge in [-0.25, -0.2) is 0 Å². The van der Waals surface area contributed by atoms with Gasteiger partial charge in [0.05, 0.1) is 14.2 Å². The quantitative estimate of drug-likeness (QED) is 0.259. The molecule has 0 atom stereocenters. The van der Waals surface area contributed by atoms with Crippen molar-refractivity contribution in [3.8, 4) is 17.2 Å². The Morgan fingerprint density at radius 3 is 2.33 bits per heavy atom. The number of furan rings is 1. The van der Waals surface area contributed by atoms with Gasteiger partial charge in [0.25, 0.3) is 0 Å². The molecular formula is C28H23NO4. The molecule has 33 heavy (non-hydrogen) atoms. The maximum Gasteiger partial charge on any atom is 0.162 e. The smallest absolute Gasteiger partial charge is 0.162 e. The Morgan fingerprint density at radius 2 is 1.52 bits per heavy atom. The van der Waals surface area contributed by atoms with Crippen LogP contribution in [0, 0.1) is 0 Å². The third-order valence-electron chi connectivity index (χ3n) is 5.46. The van der Waals surface area contributed by atoms with Gasteiger partial charge in [0, 0.05) is 23.1 Å². The van der Waals surface area contributed by atoms with Gasteiger partial charge in [-0.3, -0.25) is 4.99 Å². The highest BCUT2D eigenvalue weighted by Gasteiger charge is 2.12. The first-order valence-corrected chi connectivity index (χ1v) is 10.6. The van der Waals surface area contributed by atoms with E-state index in [0.29, 0.717) is 29.5 Å². The van der Waals surface area contributed by atoms with E-state index >= 15 is 0 Å². The minimum Gasteiger partial charge on any atom is -0.494 e. The van der Waals surface area contributed by atoms with Crippen LogP contribution in [0.25, 0.3) is 21.9 Å². The Labute approximate surface area is 191 Å². The molecule has 0 radical (unpaired) electrons. The number of para-hydroxylation sites is 1. The van der Waals surface area contributed by atoms with Gasteiger partial charge in [0.1, 0.15) is 29.2 Å². The Morgan fingerprint density at radius 1 is 0.727 bits per heavy atom. The largest absolute Gasteiger partial charge is 0.494 e. The van der Waals surface area contributed by atoms with Crippen molar-refractivity contribution in [2.75, 3.05) is 14.2 Å². The molecule has 0 aliphatic carbocycles. The number of rotatable bonds is 7. The lowest BCUT2D eigenvalue weighted by atomic mass is 10.1. The molecule has 0 spiro atoms. The summed E-state index contributed by atoms with van der Waals surface area (Å²) >= 11 is 0. The first-order chi connectivity index (χ1) is 16.2. The zero-order valence-electron chi connectivity index (χ0n) is 18.4. The van der Waals surface area contributed by atoms with Crippen molar-refractivity contribution in [2.45, 2.75) is 6.61 Å². The summed E-state index contributed by atoms with van der Waals surface area (Å²) in [5.41, 5.74) is 4.26. The minimum atomic E-state index is 0.453. The molecule has 164 valence electrons. The third kappa shape index (κ3) is 4.26. The van der Waals surface area contributed by atoms with Crippen LogP contribution >= 0.6 is 0 Å². The second-order valence-corrected chi connectivity index (χ2v) is 7.56. The number of aliphatic imine (C=N–C) groups is 1. The van der Waals surface area contributed by atoms with Crippen molar-refractivity contribution in [3.63, 3.8) is 0 Å². The Kier molecular flexibility index (Phi) is 5.68. The summed E-state index contributed by atoms with van der Waals surface area (Å²) in [7, 11) is 3.28. The molecule has 0 amide bonds. The second kappa shape index (κ2) is 9.09. The van der Waals surface area contributed by atoms with E-state index in [9.17, 15) is 0 Å². The van der Waals surface area contributed by atoms with Gasteiger partial charge < -0.3 is 18.6 Å². The molecule has 0 unspecified atom stereocenters. The lowest BCUT2D eigenvalue weighted by Gasteiger charge is -2.11. The third-order valence-corrected chi connectivity index (χ3v) is 5.46. The number of ether oxygens (including phenoxy) is 3. The van der Waals surface area contributed by atoms with E-state index in [0.717, 1.165) is 33.1 Å². The SMILES string of the molecule is COc1cc2c(cc1N=Cc1ccc(OC)c(OCc3ccccc3)c1)oc1ccccc12. The highest BCUT2D eigenvalue weighted by molar-refractivity contribution is 6.06. The zero-order chi connectivity index (χ0) is 22.6. The second-order valence-electron chi connectivity index (χ2n) is 7.56. The number of hydrogen-bond donors (Lipinski definition) is 0. The maximum atomic E-state index is 6.02. The summed E-state index contributed by atoms with van der Waals surface area (Å²) in [4.78, 5) is 4.68. The highest BCUT2D eigenvalue weighted by Crippen LogP contribution is 2.38. The van der Waals surface area contributed by atoms with E-state index in [-0.39, 0.29) is 0 Å². The van der Waals surface area contributed by atoms with Crippen LogP contribution in [0.3, 0.4) is 0 Å². The summed E-state index contributed by atoms with van der Waals surface area (Å²) in [5, 5.41) is 2.05. The summed E-state index contributed by atoms with van der Waals surface area (Å²) in [6, 6.07) is 27.6. The molecule has 0 saturated carbocycles. The van der Waals surface area contributed by atoms with Crippen molar-refractivity contribution in [1.29, 1.82) is 0 Å². The number of nitrogens with zero attached hydrogens (tertiary/aromatic N) is 1. The van der Waals surface area contributed by atoms with Crippen molar-refractivity contribution < 1.29 is 18.6 Å². The monoisotopic (exact) mass is 437 g/mol. The van der Waals surface area contributed by atoms with Crippen LogP contribution in [0.5, 0.6) is 17.2 Å². The zero-order valence-corrected chi connectivity index (χ0v) is 18.4. The Bertz CT molecular complexity index is 1440. The molecule has 0 N–H and O–H groups in total. The fraction of sp³-hybridized carbons (Fsp3) is 0.107. The first kappa shape index (κ1) is 20.6. The van der Waals surface area contributed by atoms with Gasteiger partial charge in [-0.15, -0.1) is 0 Å². The van der Waals surface area contributed by atoms with E-state index < -0.39 is 0 Å². The van der Waals surface area contributed by atoms with E-state index in [4.69, 9.17) is 18.6 Å². The van der Waals surface area contributed by atoms with Crippen LogP contribution in [-0.4, -0.2) is 20.4 Å². The maximum absolute atomic E-state index is 6.02. The molecule has 5 nitrogen and oxygen atoms in total. The normalized spacial score (nSPS) is 11.3. The van der Waals surface area contributed by atoms with Gasteiger partial charge in [-0.2, -0.15) is 0 Å². The van der Waals surface area contributed by atoms with Gasteiger partial charge in [-0.1, -0.05) is 48.5 Å². The predicted molar refractivity (Wildman–Crippen MR) is 131 cm³/mol. The molecule has 1 aromatic heterocycles. The summed E-state index contributed by atoms with van der Waals surface area (Å²) in [5.74, 6) is 2.01. The van der Waals surface area contributed by atoms with Gasteiger partial charge in [0.2, 0.25) is 0 Å². The van der Waals surface area contributed by atoms with Gasteiger partial charge in [0.15, 0.2) is 11.5 Å². The summed E-state index contributed by atoms with van der Waals surface area (Å²) < 4.78 is 23.1. The molecule has 0 fully saturated rings. The molecule has 0 saturated heterocycles. The van der Waals surface area contributed by atoms with Crippen LogP contribution in [-0.2, 0) is 6.61 Å². The van der Waals surface area contributed by atoms with E-state index in [1.54, 1.807) is 20.4 Å². The van der Waals surface area contributed by atoms with E-state index in [1.165, 1.54) is 0 Å². The van der Waals surface area contributed by atoms with Crippen molar-refractivity contribution in [2.24, 2.45) is 4.99 Å². The van der Waals surface area contributed by atoms with Crippen LogP contribution < -0.4 is 14.2 Å². The van der Waals surface area contributed by atoms with Crippen LogP contribution in [0.15, 0.2) is 94.3 Å². The van der Waals surface area contributed by atoms with Crippen molar-refractivity contribution in [3.05, 3.63) is 96.1 Å². The number of hydrogen-bond acceptors (Lipinski definition) is 5. The highest BCUT2D eigenvalue weighted by atomic mass is 16.5.